The van der Waals surface area contributed by atoms with Crippen molar-refractivity contribution in [2.75, 3.05) is 19.0 Å². The van der Waals surface area contributed by atoms with Gasteiger partial charge in [0.25, 0.3) is 0 Å². The van der Waals surface area contributed by atoms with Crippen LogP contribution in [0.4, 0.5) is 0 Å². The highest BCUT2D eigenvalue weighted by Gasteiger charge is 1.78. The predicted octanol–water partition coefficient (Wildman–Crippen LogP) is 1.44. The predicted molar refractivity (Wildman–Crippen MR) is 35.6 cm³/mol. The smallest absolute Gasteiger partial charge is 0.189 e. The van der Waals surface area contributed by atoms with Crippen molar-refractivity contribution in [2.24, 2.45) is 0 Å². The lowest BCUT2D eigenvalue weighted by Gasteiger charge is -1.98. The van der Waals surface area contributed by atoms with E-state index >= 15 is 0 Å². The van der Waals surface area contributed by atoms with Gasteiger partial charge in [0.05, 0.1) is 12.2 Å². The lowest BCUT2D eigenvalue weighted by Crippen LogP contribution is -1.93. The Balaban J connectivity index is 2.62. The molecule has 0 heterocycles. The molecule has 0 unspecified atom stereocenters. The van der Waals surface area contributed by atoms with E-state index in [9.17, 15) is 0 Å². The monoisotopic (exact) mass is 134 g/mol. The Bertz CT molecular complexity index is 56.4. The maximum Gasteiger partial charge on any atom is 0.189 e. The maximum atomic E-state index is 4.89. The highest BCUT2D eigenvalue weighted by atomic mass is 32.2. The second kappa shape index (κ2) is 6.85. The average Bonchev–Trinajstić information content (AvgIpc) is 1.81. The van der Waals surface area contributed by atoms with E-state index in [2.05, 4.69) is 11.3 Å². The summed E-state index contributed by atoms with van der Waals surface area (Å²) in [6, 6.07) is 0. The molecule has 8 heavy (non-hydrogen) atoms. The lowest BCUT2D eigenvalue weighted by molar-refractivity contribution is 0.0126. The molecule has 0 radical (unpaired) electrons. The average molecular weight is 134 g/mol. The van der Waals surface area contributed by atoms with Gasteiger partial charge in [-0.05, 0) is 6.26 Å². The third kappa shape index (κ3) is 5.85. The van der Waals surface area contributed by atoms with Crippen molar-refractivity contribution in [2.45, 2.75) is 0 Å². The minimum absolute atomic E-state index is 0.310. The van der Waals surface area contributed by atoms with Gasteiger partial charge >= 0.3 is 0 Å². The van der Waals surface area contributed by atoms with Crippen LogP contribution in [-0.4, -0.2) is 19.0 Å². The van der Waals surface area contributed by atoms with Crippen LogP contribution in [-0.2, 0) is 9.47 Å². The van der Waals surface area contributed by atoms with E-state index in [0.717, 1.165) is 0 Å². The molecule has 0 saturated heterocycles. The van der Waals surface area contributed by atoms with Gasteiger partial charge in [0.15, 0.2) is 6.79 Å². The molecule has 0 fully saturated rings. The summed E-state index contributed by atoms with van der Waals surface area (Å²) in [4.78, 5) is 0. The molecule has 3 heteroatoms. The topological polar surface area (TPSA) is 18.5 Å². The van der Waals surface area contributed by atoms with Gasteiger partial charge in [0, 0.05) is 0 Å². The summed E-state index contributed by atoms with van der Waals surface area (Å²) in [7, 11) is 0. The van der Waals surface area contributed by atoms with Gasteiger partial charge in [0.1, 0.15) is 0 Å². The summed E-state index contributed by atoms with van der Waals surface area (Å²) < 4.78 is 9.56. The van der Waals surface area contributed by atoms with E-state index in [1.54, 1.807) is 11.8 Å². The third-order valence-electron chi connectivity index (χ3n) is 0.470. The summed E-state index contributed by atoms with van der Waals surface area (Å²) in [5, 5.41) is 0. The van der Waals surface area contributed by atoms with E-state index in [0.29, 0.717) is 12.7 Å². The minimum atomic E-state index is 0.310. The Hall–Kier alpha value is -0.150. The standard InChI is InChI=1S/C5H10O2S/c1-3-6-4-7-5-8-2/h3H,1,4-5H2,2H3. The Morgan fingerprint density at radius 3 is 3.00 bits per heavy atom. The SMILES string of the molecule is C=COCOCSC. The molecule has 0 bridgehead atoms. The number of hydrogen-bond donors (Lipinski definition) is 0. The van der Waals surface area contributed by atoms with Gasteiger partial charge in [-0.3, -0.25) is 0 Å². The van der Waals surface area contributed by atoms with Crippen LogP contribution in [0.25, 0.3) is 0 Å². The lowest BCUT2D eigenvalue weighted by atomic mass is 11.1. The molecule has 2 nitrogen and oxygen atoms in total. The zero-order valence-corrected chi connectivity index (χ0v) is 5.74. The zero-order valence-electron chi connectivity index (χ0n) is 4.92. The molecule has 0 N–H and O–H groups in total. The molecular formula is C5H10O2S. The van der Waals surface area contributed by atoms with Crippen LogP contribution in [0.3, 0.4) is 0 Å². The Morgan fingerprint density at radius 1 is 1.75 bits per heavy atom. The van der Waals surface area contributed by atoms with Crippen molar-refractivity contribution in [3.8, 4) is 0 Å². The molecule has 0 aliphatic rings. The zero-order chi connectivity index (χ0) is 6.24. The Labute approximate surface area is 53.9 Å². The van der Waals surface area contributed by atoms with Crippen LogP contribution in [0.1, 0.15) is 0 Å². The molecule has 0 aromatic carbocycles. The Kier molecular flexibility index (Phi) is 6.72. The number of ether oxygens (including phenoxy) is 2. The quantitative estimate of drug-likeness (QED) is 0.322. The summed E-state index contributed by atoms with van der Waals surface area (Å²) >= 11 is 1.62. The van der Waals surface area contributed by atoms with Crippen molar-refractivity contribution in [1.29, 1.82) is 0 Å². The molecule has 48 valence electrons. The summed E-state index contributed by atoms with van der Waals surface area (Å²) in [5.41, 5.74) is 0. The van der Waals surface area contributed by atoms with Crippen molar-refractivity contribution in [3.05, 3.63) is 12.8 Å². The second-order valence-corrected chi connectivity index (χ2v) is 1.87. The number of hydrogen-bond acceptors (Lipinski definition) is 3. The molecule has 0 aromatic rings. The van der Waals surface area contributed by atoms with Crippen LogP contribution in [0, 0.1) is 0 Å². The minimum Gasteiger partial charge on any atom is -0.476 e. The highest BCUT2D eigenvalue weighted by molar-refractivity contribution is 7.98. The fourth-order valence-corrected chi connectivity index (χ4v) is 0.448. The van der Waals surface area contributed by atoms with E-state index < -0.39 is 0 Å². The first-order chi connectivity index (χ1) is 3.91. The van der Waals surface area contributed by atoms with Crippen LogP contribution in [0.15, 0.2) is 12.8 Å². The van der Waals surface area contributed by atoms with Crippen molar-refractivity contribution in [3.63, 3.8) is 0 Å². The van der Waals surface area contributed by atoms with Crippen molar-refractivity contribution in [1.82, 2.24) is 0 Å². The molecule has 0 aliphatic heterocycles. The second-order valence-electron chi connectivity index (χ2n) is 1.06. The molecule has 0 rings (SSSR count). The largest absolute Gasteiger partial charge is 0.476 e. The summed E-state index contributed by atoms with van der Waals surface area (Å²) in [6.07, 6.45) is 3.33. The first kappa shape index (κ1) is 7.85. The molecule has 0 spiro atoms. The molecule has 0 amide bonds. The van der Waals surface area contributed by atoms with Crippen LogP contribution in [0.5, 0.6) is 0 Å². The molecular weight excluding hydrogens is 124 g/mol. The van der Waals surface area contributed by atoms with Crippen LogP contribution < -0.4 is 0 Å². The fourth-order valence-electron chi connectivity index (χ4n) is 0.214. The van der Waals surface area contributed by atoms with Gasteiger partial charge in [0.2, 0.25) is 0 Å². The van der Waals surface area contributed by atoms with Gasteiger partial charge in [-0.15, -0.1) is 11.8 Å². The molecule has 0 atom stereocenters. The van der Waals surface area contributed by atoms with Crippen LogP contribution >= 0.6 is 11.8 Å². The first-order valence-electron chi connectivity index (χ1n) is 2.21. The summed E-state index contributed by atoms with van der Waals surface area (Å²) in [6.45, 7) is 3.66. The number of rotatable bonds is 5. The first-order valence-corrected chi connectivity index (χ1v) is 3.60. The van der Waals surface area contributed by atoms with Gasteiger partial charge in [-0.2, -0.15) is 0 Å². The van der Waals surface area contributed by atoms with Gasteiger partial charge in [-0.1, -0.05) is 6.58 Å². The molecule has 0 aromatic heterocycles. The molecule has 0 saturated carbocycles. The normalized spacial score (nSPS) is 8.62. The Morgan fingerprint density at radius 2 is 2.50 bits per heavy atom. The van der Waals surface area contributed by atoms with E-state index in [1.807, 2.05) is 6.26 Å². The van der Waals surface area contributed by atoms with Crippen molar-refractivity contribution >= 4 is 11.8 Å². The van der Waals surface area contributed by atoms with E-state index in [1.165, 1.54) is 6.26 Å². The third-order valence-corrected chi connectivity index (χ3v) is 0.873. The van der Waals surface area contributed by atoms with E-state index in [-0.39, 0.29) is 0 Å². The van der Waals surface area contributed by atoms with Crippen LogP contribution in [0.2, 0.25) is 0 Å². The number of thioether (sulfide) groups is 1. The van der Waals surface area contributed by atoms with Gasteiger partial charge in [-0.25, -0.2) is 0 Å². The van der Waals surface area contributed by atoms with E-state index in [4.69, 9.17) is 4.74 Å². The molecule has 0 aliphatic carbocycles. The highest BCUT2D eigenvalue weighted by Crippen LogP contribution is 1.91. The van der Waals surface area contributed by atoms with Crippen molar-refractivity contribution < 1.29 is 9.47 Å². The fraction of sp³-hybridized carbons (Fsp3) is 0.600. The maximum absolute atomic E-state index is 4.89. The van der Waals surface area contributed by atoms with Gasteiger partial charge < -0.3 is 9.47 Å². The summed E-state index contributed by atoms with van der Waals surface area (Å²) in [5.74, 6) is 0.674.